The van der Waals surface area contributed by atoms with E-state index in [1.54, 1.807) is 6.07 Å². The average molecular weight is 481 g/mol. The van der Waals surface area contributed by atoms with Gasteiger partial charge in [-0.1, -0.05) is 18.0 Å². The molecule has 178 valence electrons. The number of aromatic nitrogens is 5. The van der Waals surface area contributed by atoms with Crippen LogP contribution in [0.15, 0.2) is 30.5 Å². The molecule has 4 heterocycles. The van der Waals surface area contributed by atoms with E-state index in [1.807, 2.05) is 19.2 Å². The summed E-state index contributed by atoms with van der Waals surface area (Å²) in [6.07, 6.45) is 8.43. The van der Waals surface area contributed by atoms with Crippen molar-refractivity contribution in [1.82, 2.24) is 25.0 Å². The van der Waals surface area contributed by atoms with Gasteiger partial charge in [-0.2, -0.15) is 15.3 Å². The zero-order valence-corrected chi connectivity index (χ0v) is 20.3. The third kappa shape index (κ3) is 4.19. The molecule has 1 unspecified atom stereocenters. The van der Waals surface area contributed by atoms with Gasteiger partial charge in [0.15, 0.2) is 5.82 Å². The Hall–Kier alpha value is -2.54. The Morgan fingerprint density at radius 3 is 2.65 bits per heavy atom. The zero-order valence-electron chi connectivity index (χ0n) is 19.5. The number of hydrogen-bond acceptors (Lipinski definition) is 5. The summed E-state index contributed by atoms with van der Waals surface area (Å²) in [5, 5.41) is 13.7. The number of anilines is 1. The Morgan fingerprint density at radius 2 is 1.88 bits per heavy atom. The van der Waals surface area contributed by atoms with Crippen LogP contribution >= 0.6 is 11.6 Å². The standard InChI is InChI=1S/C26H30ClFN6/c1-16-8-22(13-29-31-16)33-14-17-5-6-18(15-33)24(17)12-25-30-26-23(4-2-3-7-34(26)32-25)19-9-20(27)11-21(28)10-19/h8-11,13,17-18,23-24H,2-7,12,14-15H2,1H3/t17-,18+,23-,24?/m1/s1. The Kier molecular flexibility index (Phi) is 5.76. The highest BCUT2D eigenvalue weighted by atomic mass is 35.5. The second-order valence-corrected chi connectivity index (χ2v) is 10.7. The summed E-state index contributed by atoms with van der Waals surface area (Å²) in [7, 11) is 0. The topological polar surface area (TPSA) is 59.7 Å². The third-order valence-electron chi connectivity index (χ3n) is 8.03. The van der Waals surface area contributed by atoms with Gasteiger partial charge in [0.25, 0.3) is 0 Å². The van der Waals surface area contributed by atoms with Crippen molar-refractivity contribution in [2.24, 2.45) is 17.8 Å². The van der Waals surface area contributed by atoms with E-state index >= 15 is 0 Å². The normalized spacial score (nSPS) is 26.4. The summed E-state index contributed by atoms with van der Waals surface area (Å²) in [5.41, 5.74) is 3.05. The highest BCUT2D eigenvalue weighted by Crippen LogP contribution is 2.44. The van der Waals surface area contributed by atoms with Crippen molar-refractivity contribution in [2.45, 2.75) is 57.9 Å². The summed E-state index contributed by atoms with van der Waals surface area (Å²) in [5.74, 6) is 3.57. The first-order chi connectivity index (χ1) is 16.5. The van der Waals surface area contributed by atoms with Gasteiger partial charge in [-0.25, -0.2) is 14.1 Å². The fourth-order valence-corrected chi connectivity index (χ4v) is 6.70. The van der Waals surface area contributed by atoms with E-state index in [-0.39, 0.29) is 11.7 Å². The van der Waals surface area contributed by atoms with E-state index in [0.717, 1.165) is 68.2 Å². The van der Waals surface area contributed by atoms with E-state index in [2.05, 4.69) is 25.8 Å². The van der Waals surface area contributed by atoms with Gasteiger partial charge in [0.2, 0.25) is 0 Å². The number of nitrogens with zero attached hydrogens (tertiary/aromatic N) is 6. The zero-order chi connectivity index (χ0) is 23.2. The summed E-state index contributed by atoms with van der Waals surface area (Å²) in [4.78, 5) is 7.55. The fourth-order valence-electron chi connectivity index (χ4n) is 6.47. The van der Waals surface area contributed by atoms with Crippen LogP contribution in [0.3, 0.4) is 0 Å². The number of piperidine rings is 1. The number of benzene rings is 1. The summed E-state index contributed by atoms with van der Waals surface area (Å²) in [6.45, 7) is 4.99. The lowest BCUT2D eigenvalue weighted by molar-refractivity contribution is 0.265. The maximum atomic E-state index is 14.1. The highest BCUT2D eigenvalue weighted by molar-refractivity contribution is 6.30. The lowest BCUT2D eigenvalue weighted by atomic mass is 9.82. The minimum Gasteiger partial charge on any atom is -0.370 e. The molecule has 0 radical (unpaired) electrons. The summed E-state index contributed by atoms with van der Waals surface area (Å²) < 4.78 is 16.2. The molecule has 1 saturated heterocycles. The van der Waals surface area contributed by atoms with Gasteiger partial charge in [0.1, 0.15) is 11.6 Å². The molecule has 0 spiro atoms. The minimum absolute atomic E-state index is 0.0398. The van der Waals surface area contributed by atoms with E-state index in [1.165, 1.54) is 24.6 Å². The SMILES string of the molecule is Cc1cc(N2C[C@H]3CC[C@@H](C2)C3Cc2nc3n(n2)CCCC[C@@H]3c2cc(F)cc(Cl)c2)cnn1. The molecule has 34 heavy (non-hydrogen) atoms. The maximum Gasteiger partial charge on any atom is 0.151 e. The molecule has 6 rings (SSSR count). The largest absolute Gasteiger partial charge is 0.370 e. The van der Waals surface area contributed by atoms with E-state index < -0.39 is 0 Å². The molecule has 6 nitrogen and oxygen atoms in total. The van der Waals surface area contributed by atoms with Crippen molar-refractivity contribution in [3.05, 3.63) is 64.2 Å². The van der Waals surface area contributed by atoms with Gasteiger partial charge in [0, 0.05) is 37.0 Å². The minimum atomic E-state index is -0.291. The van der Waals surface area contributed by atoms with E-state index in [0.29, 0.717) is 22.8 Å². The molecule has 0 amide bonds. The van der Waals surface area contributed by atoms with Crippen molar-refractivity contribution < 1.29 is 4.39 Å². The molecule has 3 aliphatic rings. The highest BCUT2D eigenvalue weighted by Gasteiger charge is 2.42. The summed E-state index contributed by atoms with van der Waals surface area (Å²) in [6, 6.07) is 6.99. The Morgan fingerprint density at radius 1 is 1.06 bits per heavy atom. The monoisotopic (exact) mass is 480 g/mol. The molecule has 2 fully saturated rings. The first-order valence-corrected chi connectivity index (χ1v) is 12.8. The van der Waals surface area contributed by atoms with Crippen molar-refractivity contribution >= 4 is 17.3 Å². The van der Waals surface area contributed by atoms with Gasteiger partial charge in [-0.3, -0.25) is 0 Å². The van der Waals surface area contributed by atoms with Crippen LogP contribution in [-0.2, 0) is 13.0 Å². The van der Waals surface area contributed by atoms with Crippen LogP contribution in [0.2, 0.25) is 5.02 Å². The quantitative estimate of drug-likeness (QED) is 0.514. The van der Waals surface area contributed by atoms with Gasteiger partial charge in [-0.05, 0) is 80.2 Å². The second kappa shape index (κ2) is 8.91. The third-order valence-corrected chi connectivity index (χ3v) is 8.25. The van der Waals surface area contributed by atoms with Crippen LogP contribution in [0.1, 0.15) is 60.9 Å². The molecule has 1 saturated carbocycles. The Balaban J connectivity index is 1.22. The fraction of sp³-hybridized carbons (Fsp3) is 0.538. The molecule has 3 aromatic rings. The number of rotatable bonds is 4. The van der Waals surface area contributed by atoms with Gasteiger partial charge < -0.3 is 4.90 Å². The molecule has 0 N–H and O–H groups in total. The van der Waals surface area contributed by atoms with Crippen molar-refractivity contribution in [2.75, 3.05) is 18.0 Å². The smallest absolute Gasteiger partial charge is 0.151 e. The van der Waals surface area contributed by atoms with Crippen LogP contribution in [-0.4, -0.2) is 38.1 Å². The van der Waals surface area contributed by atoms with Crippen LogP contribution in [0, 0.1) is 30.5 Å². The number of fused-ring (bicyclic) bond motifs is 3. The van der Waals surface area contributed by atoms with Crippen molar-refractivity contribution in [3.8, 4) is 0 Å². The Bertz CT molecular complexity index is 1160. The molecule has 1 aromatic carbocycles. The number of aryl methyl sites for hydroxylation is 2. The van der Waals surface area contributed by atoms with E-state index in [4.69, 9.17) is 21.7 Å². The first kappa shape index (κ1) is 22.0. The maximum absolute atomic E-state index is 14.1. The van der Waals surface area contributed by atoms with Crippen molar-refractivity contribution in [1.29, 1.82) is 0 Å². The van der Waals surface area contributed by atoms with Crippen LogP contribution < -0.4 is 4.90 Å². The molecule has 8 heteroatoms. The lowest BCUT2D eigenvalue weighted by Gasteiger charge is -2.39. The molecule has 2 aliphatic heterocycles. The van der Waals surface area contributed by atoms with Gasteiger partial charge in [-0.15, -0.1) is 0 Å². The van der Waals surface area contributed by atoms with Crippen molar-refractivity contribution in [3.63, 3.8) is 0 Å². The second-order valence-electron chi connectivity index (χ2n) is 10.3. The molecule has 2 bridgehead atoms. The van der Waals surface area contributed by atoms with Crippen LogP contribution in [0.4, 0.5) is 10.1 Å². The van der Waals surface area contributed by atoms with Crippen LogP contribution in [0.25, 0.3) is 0 Å². The molecule has 1 aliphatic carbocycles. The molecular formula is C26H30ClFN6. The average Bonchev–Trinajstić information content (AvgIpc) is 3.20. The van der Waals surface area contributed by atoms with Gasteiger partial charge >= 0.3 is 0 Å². The summed E-state index contributed by atoms with van der Waals surface area (Å²) >= 11 is 6.18. The molecule has 2 aromatic heterocycles. The van der Waals surface area contributed by atoms with Crippen LogP contribution in [0.5, 0.6) is 0 Å². The molecule has 4 atom stereocenters. The van der Waals surface area contributed by atoms with E-state index in [9.17, 15) is 4.39 Å². The van der Waals surface area contributed by atoms with Gasteiger partial charge in [0.05, 0.1) is 17.6 Å². The predicted octanol–water partition coefficient (Wildman–Crippen LogP) is 5.19. The predicted molar refractivity (Wildman–Crippen MR) is 130 cm³/mol. The number of hydrogen-bond donors (Lipinski definition) is 0. The lowest BCUT2D eigenvalue weighted by Crippen LogP contribution is -2.43. The molecular weight excluding hydrogens is 451 g/mol. The Labute approximate surface area is 204 Å². The first-order valence-electron chi connectivity index (χ1n) is 12.5. The number of halogens is 2.